The fraction of sp³-hybridized carbons (Fsp3) is 0.348. The number of rotatable bonds is 10. The fourth-order valence-electron chi connectivity index (χ4n) is 3.03. The van der Waals surface area contributed by atoms with Crippen LogP contribution >= 0.6 is 0 Å². The van der Waals surface area contributed by atoms with E-state index in [1.165, 1.54) is 12.1 Å². The van der Waals surface area contributed by atoms with E-state index < -0.39 is 5.97 Å². The van der Waals surface area contributed by atoms with Crippen molar-refractivity contribution in [3.05, 3.63) is 54.1 Å². The zero-order chi connectivity index (χ0) is 22.8. The molecular formula is C23H26N2O7. The molecule has 170 valence electrons. The van der Waals surface area contributed by atoms with Gasteiger partial charge in [-0.1, -0.05) is 6.07 Å². The zero-order valence-corrected chi connectivity index (χ0v) is 17.8. The highest BCUT2D eigenvalue weighted by molar-refractivity contribution is 5.92. The number of methoxy groups -OCH3 is 1. The Hall–Kier alpha value is -3.59. The maximum atomic E-state index is 12.1. The van der Waals surface area contributed by atoms with Crippen molar-refractivity contribution in [1.29, 1.82) is 0 Å². The van der Waals surface area contributed by atoms with Gasteiger partial charge in [0.05, 0.1) is 18.8 Å². The van der Waals surface area contributed by atoms with E-state index in [9.17, 15) is 14.4 Å². The number of anilines is 1. The zero-order valence-electron chi connectivity index (χ0n) is 17.8. The van der Waals surface area contributed by atoms with E-state index in [-0.39, 0.29) is 36.7 Å². The van der Waals surface area contributed by atoms with Crippen LogP contribution in [0.5, 0.6) is 11.5 Å². The molecular weight excluding hydrogens is 416 g/mol. The quantitative estimate of drug-likeness (QED) is 0.542. The lowest BCUT2D eigenvalue weighted by Crippen LogP contribution is -2.34. The molecule has 1 heterocycles. The van der Waals surface area contributed by atoms with E-state index in [1.807, 2.05) is 0 Å². The van der Waals surface area contributed by atoms with Gasteiger partial charge in [0.2, 0.25) is 0 Å². The molecule has 0 spiro atoms. The lowest BCUT2D eigenvalue weighted by atomic mass is 10.2. The maximum Gasteiger partial charge on any atom is 0.338 e. The minimum absolute atomic E-state index is 0.0276. The Kier molecular flexibility index (Phi) is 8.44. The highest BCUT2D eigenvalue weighted by Crippen LogP contribution is 2.17. The molecule has 0 aromatic heterocycles. The standard InChI is InChI=1S/C23H26N2O7/c1-29-19-5-2-4-17(12-19)25-22(27)15-31-18-9-7-16(8-10-18)23(28)32-14-21(26)24-13-20-6-3-11-30-20/h2,4-5,7-10,12,20H,3,6,11,13-15H2,1H3,(H,24,26)(H,25,27). The first-order chi connectivity index (χ1) is 15.5. The number of hydrogen-bond donors (Lipinski definition) is 2. The first kappa shape index (κ1) is 23.1. The summed E-state index contributed by atoms with van der Waals surface area (Å²) in [7, 11) is 1.55. The molecule has 0 aliphatic carbocycles. The van der Waals surface area contributed by atoms with Crippen LogP contribution in [0.15, 0.2) is 48.5 Å². The van der Waals surface area contributed by atoms with Gasteiger partial charge >= 0.3 is 5.97 Å². The van der Waals surface area contributed by atoms with Crippen LogP contribution in [0.2, 0.25) is 0 Å². The van der Waals surface area contributed by atoms with Gasteiger partial charge in [-0.3, -0.25) is 9.59 Å². The van der Waals surface area contributed by atoms with Gasteiger partial charge in [-0.25, -0.2) is 4.79 Å². The summed E-state index contributed by atoms with van der Waals surface area (Å²) < 4.78 is 21.0. The monoisotopic (exact) mass is 442 g/mol. The van der Waals surface area contributed by atoms with E-state index in [2.05, 4.69) is 10.6 Å². The van der Waals surface area contributed by atoms with Crippen molar-refractivity contribution < 1.29 is 33.3 Å². The average molecular weight is 442 g/mol. The van der Waals surface area contributed by atoms with Gasteiger partial charge in [0.1, 0.15) is 11.5 Å². The van der Waals surface area contributed by atoms with Crippen LogP contribution in [0.4, 0.5) is 5.69 Å². The third-order valence-corrected chi connectivity index (χ3v) is 4.70. The predicted molar refractivity (Wildman–Crippen MR) is 116 cm³/mol. The summed E-state index contributed by atoms with van der Waals surface area (Å²) in [4.78, 5) is 35.9. The lowest BCUT2D eigenvalue weighted by molar-refractivity contribution is -0.124. The van der Waals surface area contributed by atoms with E-state index in [0.717, 1.165) is 12.8 Å². The van der Waals surface area contributed by atoms with Gasteiger partial charge in [0.15, 0.2) is 13.2 Å². The molecule has 0 radical (unpaired) electrons. The molecule has 3 rings (SSSR count). The van der Waals surface area contributed by atoms with E-state index in [4.69, 9.17) is 18.9 Å². The second-order valence-corrected chi connectivity index (χ2v) is 7.11. The summed E-state index contributed by atoms with van der Waals surface area (Å²) >= 11 is 0. The van der Waals surface area contributed by atoms with Crippen molar-refractivity contribution in [3.8, 4) is 11.5 Å². The van der Waals surface area contributed by atoms with Crippen LogP contribution < -0.4 is 20.1 Å². The van der Waals surface area contributed by atoms with Crippen LogP contribution in [-0.4, -0.2) is 57.4 Å². The molecule has 1 aliphatic rings. The van der Waals surface area contributed by atoms with Gasteiger partial charge in [-0.05, 0) is 49.2 Å². The highest BCUT2D eigenvalue weighted by Gasteiger charge is 2.17. The van der Waals surface area contributed by atoms with Crippen molar-refractivity contribution in [2.75, 3.05) is 38.8 Å². The number of nitrogens with one attached hydrogen (secondary N) is 2. The van der Waals surface area contributed by atoms with Gasteiger partial charge in [-0.15, -0.1) is 0 Å². The molecule has 0 saturated carbocycles. The van der Waals surface area contributed by atoms with E-state index in [1.54, 1.807) is 43.5 Å². The Morgan fingerprint density at radius 2 is 1.84 bits per heavy atom. The molecule has 32 heavy (non-hydrogen) atoms. The minimum atomic E-state index is -0.625. The van der Waals surface area contributed by atoms with Crippen LogP contribution in [0.25, 0.3) is 0 Å². The number of carbonyl (C=O) groups excluding carboxylic acids is 3. The first-order valence-corrected chi connectivity index (χ1v) is 10.3. The Labute approximate surface area is 186 Å². The smallest absolute Gasteiger partial charge is 0.338 e. The number of benzene rings is 2. The molecule has 1 atom stereocenters. The SMILES string of the molecule is COc1cccc(NC(=O)COc2ccc(C(=O)OCC(=O)NCC3CCCO3)cc2)c1. The van der Waals surface area contributed by atoms with Crippen LogP contribution in [0.1, 0.15) is 23.2 Å². The second kappa shape index (κ2) is 11.7. The minimum Gasteiger partial charge on any atom is -0.497 e. The third-order valence-electron chi connectivity index (χ3n) is 4.70. The summed E-state index contributed by atoms with van der Waals surface area (Å²) in [6.07, 6.45) is 1.93. The van der Waals surface area contributed by atoms with Gasteiger partial charge in [0, 0.05) is 24.9 Å². The normalized spacial score (nSPS) is 15.0. The van der Waals surface area contributed by atoms with Crippen molar-refractivity contribution in [1.82, 2.24) is 5.32 Å². The molecule has 9 nitrogen and oxygen atoms in total. The average Bonchev–Trinajstić information content (AvgIpc) is 3.34. The van der Waals surface area contributed by atoms with Gasteiger partial charge in [0.25, 0.3) is 11.8 Å². The maximum absolute atomic E-state index is 12.1. The summed E-state index contributed by atoms with van der Waals surface area (Å²) in [5.74, 6) is -0.297. The summed E-state index contributed by atoms with van der Waals surface area (Å²) in [6.45, 7) is 0.552. The molecule has 2 amide bonds. The molecule has 2 aromatic rings. The Morgan fingerprint density at radius 3 is 2.56 bits per heavy atom. The molecule has 1 aliphatic heterocycles. The Bertz CT molecular complexity index is 924. The van der Waals surface area contributed by atoms with Gasteiger partial charge in [-0.2, -0.15) is 0 Å². The number of hydrogen-bond acceptors (Lipinski definition) is 7. The largest absolute Gasteiger partial charge is 0.497 e. The number of carbonyl (C=O) groups is 3. The first-order valence-electron chi connectivity index (χ1n) is 10.3. The number of ether oxygens (including phenoxy) is 4. The Morgan fingerprint density at radius 1 is 1.03 bits per heavy atom. The Balaban J connectivity index is 1.38. The topological polar surface area (TPSA) is 112 Å². The molecule has 2 N–H and O–H groups in total. The molecule has 1 saturated heterocycles. The van der Waals surface area contributed by atoms with E-state index in [0.29, 0.717) is 30.3 Å². The third kappa shape index (κ3) is 7.28. The van der Waals surface area contributed by atoms with Crippen molar-refractivity contribution in [3.63, 3.8) is 0 Å². The van der Waals surface area contributed by atoms with E-state index >= 15 is 0 Å². The van der Waals surface area contributed by atoms with Crippen molar-refractivity contribution >= 4 is 23.5 Å². The van der Waals surface area contributed by atoms with Gasteiger partial charge < -0.3 is 29.6 Å². The lowest BCUT2D eigenvalue weighted by Gasteiger charge is -2.11. The molecule has 0 bridgehead atoms. The van der Waals surface area contributed by atoms with Crippen LogP contribution in [0, 0.1) is 0 Å². The fourth-order valence-corrected chi connectivity index (χ4v) is 3.03. The highest BCUT2D eigenvalue weighted by atomic mass is 16.5. The molecule has 1 unspecified atom stereocenters. The second-order valence-electron chi connectivity index (χ2n) is 7.11. The summed E-state index contributed by atoms with van der Waals surface area (Å²) in [5.41, 5.74) is 0.862. The van der Waals surface area contributed by atoms with Crippen LogP contribution in [0.3, 0.4) is 0 Å². The van der Waals surface area contributed by atoms with Crippen LogP contribution in [-0.2, 0) is 19.1 Å². The summed E-state index contributed by atoms with van der Waals surface area (Å²) in [5, 5.41) is 5.39. The number of amides is 2. The van der Waals surface area contributed by atoms with Crippen molar-refractivity contribution in [2.24, 2.45) is 0 Å². The summed E-state index contributed by atoms with van der Waals surface area (Å²) in [6, 6.07) is 13.1. The molecule has 2 aromatic carbocycles. The molecule has 1 fully saturated rings. The molecule has 9 heteroatoms. The van der Waals surface area contributed by atoms with Crippen molar-refractivity contribution in [2.45, 2.75) is 18.9 Å². The number of esters is 1. The predicted octanol–water partition coefficient (Wildman–Crippen LogP) is 2.16.